The molecule has 3 rings (SSSR count). The van der Waals surface area contributed by atoms with Gasteiger partial charge >= 0.3 is 0 Å². The average molecular weight is 331 g/mol. The van der Waals surface area contributed by atoms with Gasteiger partial charge in [0.05, 0.1) is 12.1 Å². The van der Waals surface area contributed by atoms with Gasteiger partial charge in [-0.3, -0.25) is 9.69 Å². The summed E-state index contributed by atoms with van der Waals surface area (Å²) in [5, 5.41) is 13.2. The number of nitrogens with one attached hydrogen (secondary N) is 1. The molecule has 0 saturated heterocycles. The van der Waals surface area contributed by atoms with Crippen LogP contribution in [0.4, 0.5) is 5.00 Å². The second-order valence-electron chi connectivity index (χ2n) is 6.78. The summed E-state index contributed by atoms with van der Waals surface area (Å²) >= 11 is 1.60. The van der Waals surface area contributed by atoms with Crippen molar-refractivity contribution in [2.45, 2.75) is 63.8 Å². The smallest absolute Gasteiger partial charge is 0.239 e. The molecule has 1 fully saturated rings. The van der Waals surface area contributed by atoms with Crippen molar-refractivity contribution in [2.75, 3.05) is 18.9 Å². The Kier molecular flexibility index (Phi) is 5.34. The summed E-state index contributed by atoms with van der Waals surface area (Å²) in [6, 6.07) is 2.84. The highest BCUT2D eigenvalue weighted by Crippen LogP contribution is 2.37. The average Bonchev–Trinajstić information content (AvgIpc) is 2.92. The van der Waals surface area contributed by atoms with Crippen molar-refractivity contribution in [2.24, 2.45) is 0 Å². The van der Waals surface area contributed by atoms with Gasteiger partial charge in [0.25, 0.3) is 0 Å². The van der Waals surface area contributed by atoms with E-state index >= 15 is 0 Å². The zero-order valence-electron chi connectivity index (χ0n) is 13.9. The van der Waals surface area contributed by atoms with E-state index in [2.05, 4.69) is 16.3 Å². The van der Waals surface area contributed by atoms with Crippen molar-refractivity contribution >= 4 is 22.2 Å². The molecule has 124 valence electrons. The first-order valence-corrected chi connectivity index (χ1v) is 9.55. The number of carbonyl (C=O) groups is 1. The Balaban J connectivity index is 1.63. The van der Waals surface area contributed by atoms with Crippen molar-refractivity contribution < 1.29 is 4.79 Å². The Bertz CT molecular complexity index is 611. The van der Waals surface area contributed by atoms with Crippen molar-refractivity contribution in [3.63, 3.8) is 0 Å². The lowest BCUT2D eigenvalue weighted by Crippen LogP contribution is -2.39. The van der Waals surface area contributed by atoms with Gasteiger partial charge in [0.15, 0.2) is 0 Å². The molecule has 1 aromatic rings. The number of hydrogen-bond donors (Lipinski definition) is 1. The lowest BCUT2D eigenvalue weighted by Gasteiger charge is -2.30. The maximum Gasteiger partial charge on any atom is 0.239 e. The van der Waals surface area contributed by atoms with Crippen LogP contribution in [-0.2, 0) is 17.6 Å². The summed E-state index contributed by atoms with van der Waals surface area (Å²) in [4.78, 5) is 15.9. The predicted molar refractivity (Wildman–Crippen MR) is 93.8 cm³/mol. The van der Waals surface area contributed by atoms with Gasteiger partial charge in [-0.1, -0.05) is 19.3 Å². The fourth-order valence-corrected chi connectivity index (χ4v) is 5.07. The molecule has 0 atom stereocenters. The summed E-state index contributed by atoms with van der Waals surface area (Å²) < 4.78 is 0. The van der Waals surface area contributed by atoms with Crippen LogP contribution >= 0.6 is 11.3 Å². The van der Waals surface area contributed by atoms with Crippen LogP contribution in [0.5, 0.6) is 0 Å². The Morgan fingerprint density at radius 1 is 1.26 bits per heavy atom. The lowest BCUT2D eigenvalue weighted by atomic mass is 9.94. The highest BCUT2D eigenvalue weighted by Gasteiger charge is 2.23. The first-order valence-electron chi connectivity index (χ1n) is 8.73. The molecule has 1 N–H and O–H groups in total. The van der Waals surface area contributed by atoms with Crippen LogP contribution in [0.15, 0.2) is 0 Å². The molecular formula is C18H25N3OS. The molecule has 0 unspecified atom stereocenters. The molecule has 0 bridgehead atoms. The zero-order chi connectivity index (χ0) is 16.2. The minimum Gasteiger partial charge on any atom is -0.315 e. The van der Waals surface area contributed by atoms with Crippen LogP contribution in [0.25, 0.3) is 0 Å². The van der Waals surface area contributed by atoms with Crippen LogP contribution in [0, 0.1) is 11.3 Å². The number of aryl methyl sites for hydroxylation is 1. The summed E-state index contributed by atoms with van der Waals surface area (Å²) in [5.41, 5.74) is 1.89. The van der Waals surface area contributed by atoms with Gasteiger partial charge in [0, 0.05) is 10.9 Å². The summed E-state index contributed by atoms with van der Waals surface area (Å²) in [7, 11) is 2.04. The van der Waals surface area contributed by atoms with E-state index in [1.54, 1.807) is 11.3 Å². The van der Waals surface area contributed by atoms with Gasteiger partial charge in [-0.25, -0.2) is 0 Å². The number of carbonyl (C=O) groups excluding carboxylic acids is 1. The normalized spacial score (nSPS) is 18.5. The quantitative estimate of drug-likeness (QED) is 0.915. The Morgan fingerprint density at radius 2 is 2.00 bits per heavy atom. The predicted octanol–water partition coefficient (Wildman–Crippen LogP) is 3.70. The summed E-state index contributed by atoms with van der Waals surface area (Å²) in [6.07, 6.45) is 10.6. The zero-order valence-corrected chi connectivity index (χ0v) is 14.7. The van der Waals surface area contributed by atoms with E-state index in [0.29, 0.717) is 18.2 Å². The second kappa shape index (κ2) is 7.46. The van der Waals surface area contributed by atoms with Gasteiger partial charge in [-0.15, -0.1) is 11.3 Å². The number of thiophene rings is 1. The fraction of sp³-hybridized carbons (Fsp3) is 0.667. The third-order valence-electron chi connectivity index (χ3n) is 5.13. The number of fused-ring (bicyclic) bond motifs is 1. The second-order valence-corrected chi connectivity index (χ2v) is 7.89. The van der Waals surface area contributed by atoms with Crippen molar-refractivity contribution in [1.29, 1.82) is 5.26 Å². The first-order chi connectivity index (χ1) is 11.2. The maximum absolute atomic E-state index is 12.4. The molecule has 5 heteroatoms. The Hall–Kier alpha value is -1.38. The van der Waals surface area contributed by atoms with Crippen LogP contribution in [-0.4, -0.2) is 30.4 Å². The SMILES string of the molecule is CN(CC(=O)Nc1sc2c(c1C#N)CCCC2)C1CCCCC1. The molecule has 0 aliphatic heterocycles. The largest absolute Gasteiger partial charge is 0.315 e. The number of hydrogen-bond acceptors (Lipinski definition) is 4. The minimum absolute atomic E-state index is 0.00757. The summed E-state index contributed by atoms with van der Waals surface area (Å²) in [5.74, 6) is 0.00757. The van der Waals surface area contributed by atoms with Crippen LogP contribution < -0.4 is 5.32 Å². The highest BCUT2D eigenvalue weighted by molar-refractivity contribution is 7.16. The van der Waals surface area contributed by atoms with Crippen LogP contribution in [0.2, 0.25) is 0 Å². The molecule has 1 saturated carbocycles. The third kappa shape index (κ3) is 3.76. The number of nitriles is 1. The standard InChI is InChI=1S/C18H25N3OS/c1-21(13-7-3-2-4-8-13)12-17(22)20-18-15(11-19)14-9-5-6-10-16(14)23-18/h13H,2-10,12H2,1H3,(H,20,22). The van der Waals surface area contributed by atoms with E-state index in [-0.39, 0.29) is 5.91 Å². The lowest BCUT2D eigenvalue weighted by molar-refractivity contribution is -0.117. The molecule has 23 heavy (non-hydrogen) atoms. The maximum atomic E-state index is 12.4. The number of nitrogens with zero attached hydrogens (tertiary/aromatic N) is 2. The van der Waals surface area contributed by atoms with E-state index in [1.165, 1.54) is 49.0 Å². The summed E-state index contributed by atoms with van der Waals surface area (Å²) in [6.45, 7) is 0.415. The molecule has 2 aliphatic carbocycles. The Labute approximate surface area is 142 Å². The number of rotatable bonds is 4. The molecule has 0 spiro atoms. The van der Waals surface area contributed by atoms with Gasteiger partial charge in [-0.05, 0) is 51.1 Å². The highest BCUT2D eigenvalue weighted by atomic mass is 32.1. The van der Waals surface area contributed by atoms with E-state index in [0.717, 1.165) is 24.3 Å². The van der Waals surface area contributed by atoms with E-state index in [9.17, 15) is 10.1 Å². The molecule has 1 amide bonds. The minimum atomic E-state index is 0.00757. The number of likely N-dealkylation sites (N-methyl/N-ethyl adjacent to an activating group) is 1. The van der Waals surface area contributed by atoms with Crippen molar-refractivity contribution in [1.82, 2.24) is 4.90 Å². The van der Waals surface area contributed by atoms with E-state index < -0.39 is 0 Å². The van der Waals surface area contributed by atoms with Gasteiger partial charge < -0.3 is 5.32 Å². The van der Waals surface area contributed by atoms with Gasteiger partial charge in [0.1, 0.15) is 11.1 Å². The monoisotopic (exact) mass is 331 g/mol. The van der Waals surface area contributed by atoms with Crippen molar-refractivity contribution in [3.05, 3.63) is 16.0 Å². The molecule has 1 heterocycles. The molecule has 0 radical (unpaired) electrons. The van der Waals surface area contributed by atoms with E-state index in [1.807, 2.05) is 7.05 Å². The number of amides is 1. The molecule has 0 aromatic carbocycles. The van der Waals surface area contributed by atoms with Gasteiger partial charge in [-0.2, -0.15) is 5.26 Å². The topological polar surface area (TPSA) is 56.1 Å². The fourth-order valence-electron chi connectivity index (χ4n) is 3.82. The van der Waals surface area contributed by atoms with Crippen LogP contribution in [0.3, 0.4) is 0 Å². The Morgan fingerprint density at radius 3 is 2.74 bits per heavy atom. The van der Waals surface area contributed by atoms with Gasteiger partial charge in [0.2, 0.25) is 5.91 Å². The molecule has 2 aliphatic rings. The van der Waals surface area contributed by atoms with Crippen molar-refractivity contribution in [3.8, 4) is 6.07 Å². The molecule has 1 aromatic heterocycles. The third-order valence-corrected chi connectivity index (χ3v) is 6.33. The van der Waals surface area contributed by atoms with Crippen LogP contribution in [0.1, 0.15) is 60.9 Å². The molecule has 4 nitrogen and oxygen atoms in total. The first kappa shape index (κ1) is 16.5. The number of anilines is 1. The molecular weight excluding hydrogens is 306 g/mol. The van der Waals surface area contributed by atoms with E-state index in [4.69, 9.17) is 0 Å².